The highest BCUT2D eigenvalue weighted by Gasteiger charge is 2.05. The first-order valence-corrected chi connectivity index (χ1v) is 7.22. The van der Waals surface area contributed by atoms with Crippen LogP contribution in [-0.2, 0) is 4.79 Å². The largest absolute Gasteiger partial charge is 0.355 e. The highest BCUT2D eigenvalue weighted by molar-refractivity contribution is 8.01. The van der Waals surface area contributed by atoms with Gasteiger partial charge in [-0.15, -0.1) is 10.2 Å². The molecule has 1 rings (SSSR count). The molecular formula is C10H17N3OS2. The Kier molecular flexibility index (Phi) is 6.40. The zero-order valence-electron chi connectivity index (χ0n) is 9.65. The monoisotopic (exact) mass is 259 g/mol. The Morgan fingerprint density at radius 3 is 2.88 bits per heavy atom. The van der Waals surface area contributed by atoms with Crippen LogP contribution in [0, 0.1) is 6.92 Å². The first-order valence-electron chi connectivity index (χ1n) is 5.42. The number of amides is 1. The minimum absolute atomic E-state index is 0.0777. The van der Waals surface area contributed by atoms with Gasteiger partial charge in [0, 0.05) is 6.54 Å². The molecule has 0 atom stereocenters. The number of carbonyl (C=O) groups is 1. The second-order valence-corrected chi connectivity index (χ2v) is 5.84. The van der Waals surface area contributed by atoms with Gasteiger partial charge in [0.2, 0.25) is 5.91 Å². The standard InChI is InChI=1S/C10H17N3OS2/c1-3-4-5-6-11-9(14)7-15-10-13-12-8(2)16-10/h3-7H2,1-2H3,(H,11,14). The summed E-state index contributed by atoms with van der Waals surface area (Å²) in [4.78, 5) is 11.4. The number of aryl methyl sites for hydroxylation is 1. The quantitative estimate of drug-likeness (QED) is 0.603. The second kappa shape index (κ2) is 7.62. The van der Waals surface area contributed by atoms with Gasteiger partial charge in [-0.1, -0.05) is 42.9 Å². The van der Waals surface area contributed by atoms with Gasteiger partial charge in [-0.2, -0.15) is 0 Å². The molecule has 0 unspecified atom stereocenters. The van der Waals surface area contributed by atoms with Gasteiger partial charge in [0.05, 0.1) is 5.75 Å². The summed E-state index contributed by atoms with van der Waals surface area (Å²) in [5.74, 6) is 0.509. The lowest BCUT2D eigenvalue weighted by atomic mass is 10.2. The molecule has 0 bridgehead atoms. The Hall–Kier alpha value is -0.620. The van der Waals surface area contributed by atoms with Crippen LogP contribution in [0.15, 0.2) is 4.34 Å². The fourth-order valence-corrected chi connectivity index (χ4v) is 2.76. The summed E-state index contributed by atoms with van der Waals surface area (Å²) >= 11 is 2.97. The predicted molar refractivity (Wildman–Crippen MR) is 67.9 cm³/mol. The third kappa shape index (κ3) is 5.46. The summed E-state index contributed by atoms with van der Waals surface area (Å²) in [5.41, 5.74) is 0. The molecule has 0 saturated carbocycles. The number of aromatic nitrogens is 2. The molecule has 16 heavy (non-hydrogen) atoms. The third-order valence-corrected chi connectivity index (χ3v) is 3.91. The van der Waals surface area contributed by atoms with Crippen molar-refractivity contribution in [1.82, 2.24) is 15.5 Å². The molecule has 0 aliphatic rings. The molecule has 6 heteroatoms. The van der Waals surface area contributed by atoms with Crippen LogP contribution in [-0.4, -0.2) is 28.4 Å². The third-order valence-electron chi connectivity index (χ3n) is 1.94. The van der Waals surface area contributed by atoms with Crippen molar-refractivity contribution in [1.29, 1.82) is 0 Å². The van der Waals surface area contributed by atoms with Crippen molar-refractivity contribution in [3.05, 3.63) is 5.01 Å². The van der Waals surface area contributed by atoms with E-state index in [2.05, 4.69) is 22.4 Å². The summed E-state index contributed by atoms with van der Waals surface area (Å²) in [6.07, 6.45) is 3.41. The minimum atomic E-state index is 0.0777. The normalized spacial score (nSPS) is 10.4. The Balaban J connectivity index is 2.10. The molecule has 0 fully saturated rings. The Bertz CT molecular complexity index is 328. The van der Waals surface area contributed by atoms with Crippen LogP contribution < -0.4 is 5.32 Å². The first kappa shape index (κ1) is 13.4. The van der Waals surface area contributed by atoms with Gasteiger partial charge in [-0.05, 0) is 13.3 Å². The number of hydrogen-bond donors (Lipinski definition) is 1. The average Bonchev–Trinajstić information content (AvgIpc) is 2.68. The van der Waals surface area contributed by atoms with E-state index in [0.29, 0.717) is 5.75 Å². The van der Waals surface area contributed by atoms with Gasteiger partial charge in [0.25, 0.3) is 0 Å². The van der Waals surface area contributed by atoms with Gasteiger partial charge < -0.3 is 5.32 Å². The molecular weight excluding hydrogens is 242 g/mol. The number of rotatable bonds is 7. The number of nitrogens with one attached hydrogen (secondary N) is 1. The zero-order valence-corrected chi connectivity index (χ0v) is 11.3. The molecule has 0 aromatic carbocycles. The van der Waals surface area contributed by atoms with Crippen LogP contribution >= 0.6 is 23.1 Å². The fraction of sp³-hybridized carbons (Fsp3) is 0.700. The van der Waals surface area contributed by atoms with Crippen molar-refractivity contribution in [3.8, 4) is 0 Å². The van der Waals surface area contributed by atoms with E-state index in [-0.39, 0.29) is 5.91 Å². The molecule has 0 radical (unpaired) electrons. The Morgan fingerprint density at radius 2 is 2.25 bits per heavy atom. The van der Waals surface area contributed by atoms with Crippen LogP contribution in [0.5, 0.6) is 0 Å². The van der Waals surface area contributed by atoms with E-state index in [9.17, 15) is 4.79 Å². The van der Waals surface area contributed by atoms with E-state index in [0.717, 1.165) is 22.3 Å². The Labute approximate surface area is 104 Å². The number of hydrogen-bond acceptors (Lipinski definition) is 5. The molecule has 4 nitrogen and oxygen atoms in total. The molecule has 1 aromatic heterocycles. The van der Waals surface area contributed by atoms with Gasteiger partial charge in [-0.3, -0.25) is 4.79 Å². The molecule has 0 aliphatic heterocycles. The van der Waals surface area contributed by atoms with Crippen LogP contribution in [0.4, 0.5) is 0 Å². The van der Waals surface area contributed by atoms with Crippen LogP contribution in [0.3, 0.4) is 0 Å². The molecule has 0 saturated heterocycles. The number of unbranched alkanes of at least 4 members (excludes halogenated alkanes) is 2. The summed E-state index contributed by atoms with van der Waals surface area (Å²) < 4.78 is 0.862. The number of thioether (sulfide) groups is 1. The van der Waals surface area contributed by atoms with Crippen LogP contribution in [0.1, 0.15) is 31.2 Å². The molecule has 1 heterocycles. The smallest absolute Gasteiger partial charge is 0.230 e. The lowest BCUT2D eigenvalue weighted by Crippen LogP contribution is -2.26. The van der Waals surface area contributed by atoms with E-state index in [1.165, 1.54) is 35.9 Å². The summed E-state index contributed by atoms with van der Waals surface area (Å²) in [7, 11) is 0. The number of nitrogens with zero attached hydrogens (tertiary/aromatic N) is 2. The van der Waals surface area contributed by atoms with E-state index in [4.69, 9.17) is 0 Å². The van der Waals surface area contributed by atoms with Gasteiger partial charge in [-0.25, -0.2) is 0 Å². The highest BCUT2D eigenvalue weighted by atomic mass is 32.2. The lowest BCUT2D eigenvalue weighted by molar-refractivity contribution is -0.118. The van der Waals surface area contributed by atoms with Crippen LogP contribution in [0.2, 0.25) is 0 Å². The first-order chi connectivity index (χ1) is 7.72. The Morgan fingerprint density at radius 1 is 1.44 bits per heavy atom. The van der Waals surface area contributed by atoms with E-state index >= 15 is 0 Å². The lowest BCUT2D eigenvalue weighted by Gasteiger charge is -2.02. The molecule has 90 valence electrons. The number of carbonyl (C=O) groups excluding carboxylic acids is 1. The summed E-state index contributed by atoms with van der Waals surface area (Å²) in [6.45, 7) is 4.84. The molecule has 1 amide bonds. The van der Waals surface area contributed by atoms with E-state index in [1.807, 2.05) is 6.92 Å². The van der Waals surface area contributed by atoms with E-state index in [1.54, 1.807) is 0 Å². The van der Waals surface area contributed by atoms with Gasteiger partial charge in [0.15, 0.2) is 4.34 Å². The van der Waals surface area contributed by atoms with Crippen molar-refractivity contribution in [2.75, 3.05) is 12.3 Å². The van der Waals surface area contributed by atoms with Crippen molar-refractivity contribution in [2.24, 2.45) is 0 Å². The maximum atomic E-state index is 11.4. The topological polar surface area (TPSA) is 54.9 Å². The van der Waals surface area contributed by atoms with Crippen molar-refractivity contribution in [2.45, 2.75) is 37.4 Å². The van der Waals surface area contributed by atoms with Crippen molar-refractivity contribution < 1.29 is 4.79 Å². The summed E-state index contributed by atoms with van der Waals surface area (Å²) in [5, 5.41) is 11.7. The van der Waals surface area contributed by atoms with E-state index < -0.39 is 0 Å². The van der Waals surface area contributed by atoms with Gasteiger partial charge >= 0.3 is 0 Å². The maximum Gasteiger partial charge on any atom is 0.230 e. The fourth-order valence-electron chi connectivity index (χ4n) is 1.12. The van der Waals surface area contributed by atoms with Crippen molar-refractivity contribution in [3.63, 3.8) is 0 Å². The van der Waals surface area contributed by atoms with Crippen LogP contribution in [0.25, 0.3) is 0 Å². The summed E-state index contributed by atoms with van der Waals surface area (Å²) in [6, 6.07) is 0. The minimum Gasteiger partial charge on any atom is -0.355 e. The SMILES string of the molecule is CCCCCNC(=O)CSc1nnc(C)s1. The van der Waals surface area contributed by atoms with Gasteiger partial charge in [0.1, 0.15) is 5.01 Å². The molecule has 1 N–H and O–H groups in total. The molecule has 0 spiro atoms. The van der Waals surface area contributed by atoms with Crippen molar-refractivity contribution >= 4 is 29.0 Å². The molecule has 1 aromatic rings. The zero-order chi connectivity index (χ0) is 11.8. The molecule has 0 aliphatic carbocycles. The maximum absolute atomic E-state index is 11.4. The second-order valence-electron chi connectivity index (χ2n) is 3.43. The predicted octanol–water partition coefficient (Wildman–Crippen LogP) is 2.25. The average molecular weight is 259 g/mol. The highest BCUT2D eigenvalue weighted by Crippen LogP contribution is 2.21.